The van der Waals surface area contributed by atoms with Crippen molar-refractivity contribution in [3.05, 3.63) is 28.0 Å². The molecule has 1 N–H and O–H groups in total. The van der Waals surface area contributed by atoms with Crippen LogP contribution in [0.5, 0.6) is 5.88 Å². The number of nitrogens with zero attached hydrogens (tertiary/aromatic N) is 1. The molecule has 1 aromatic rings. The number of ketones is 1. The number of carbonyl (C=O) groups is 1. The molecule has 0 atom stereocenters. The molecule has 0 saturated carbocycles. The normalized spacial score (nSPS) is 9.83. The standard InChI is InChI=1S/C8H9NO3/c1-5(10)6-3-4-7(11)9(2)8(6)12/h3-4,11H,1-2H3. The number of aromatic nitrogens is 1. The summed E-state index contributed by atoms with van der Waals surface area (Å²) in [5, 5.41) is 9.06. The Morgan fingerprint density at radius 2 is 2.08 bits per heavy atom. The molecule has 12 heavy (non-hydrogen) atoms. The average Bonchev–Trinajstić information content (AvgIpc) is 2.00. The van der Waals surface area contributed by atoms with E-state index in [0.717, 1.165) is 4.57 Å². The molecule has 0 unspecified atom stereocenters. The minimum atomic E-state index is -0.470. The Morgan fingerprint density at radius 1 is 1.50 bits per heavy atom. The summed E-state index contributed by atoms with van der Waals surface area (Å²) >= 11 is 0. The van der Waals surface area contributed by atoms with Crippen molar-refractivity contribution in [2.24, 2.45) is 7.05 Å². The van der Waals surface area contributed by atoms with Gasteiger partial charge in [-0.1, -0.05) is 0 Å². The van der Waals surface area contributed by atoms with E-state index in [1.165, 1.54) is 26.1 Å². The third-order valence-electron chi connectivity index (χ3n) is 1.66. The van der Waals surface area contributed by atoms with Crippen molar-refractivity contribution < 1.29 is 9.90 Å². The lowest BCUT2D eigenvalue weighted by Gasteiger charge is -2.01. The molecule has 0 aromatic carbocycles. The van der Waals surface area contributed by atoms with Crippen LogP contribution in [0.2, 0.25) is 0 Å². The zero-order chi connectivity index (χ0) is 9.30. The lowest BCUT2D eigenvalue weighted by molar-refractivity contribution is 0.101. The van der Waals surface area contributed by atoms with E-state index in [1.807, 2.05) is 0 Å². The van der Waals surface area contributed by atoms with Gasteiger partial charge in [0.2, 0.25) is 0 Å². The number of hydrogen-bond donors (Lipinski definition) is 1. The molecule has 0 saturated heterocycles. The van der Waals surface area contributed by atoms with E-state index in [-0.39, 0.29) is 17.2 Å². The molecule has 0 aliphatic heterocycles. The van der Waals surface area contributed by atoms with Crippen molar-refractivity contribution in [3.63, 3.8) is 0 Å². The number of Topliss-reactive ketones (excluding diaryl/α,β-unsaturated/α-hetero) is 1. The molecule has 0 amide bonds. The summed E-state index contributed by atoms with van der Waals surface area (Å²) in [4.78, 5) is 22.0. The Bertz CT molecular complexity index is 378. The van der Waals surface area contributed by atoms with Crippen LogP contribution in [0.15, 0.2) is 16.9 Å². The van der Waals surface area contributed by atoms with Crippen molar-refractivity contribution in [2.75, 3.05) is 0 Å². The highest BCUT2D eigenvalue weighted by Gasteiger charge is 2.07. The molecule has 4 nitrogen and oxygen atoms in total. The number of rotatable bonds is 1. The molecule has 4 heteroatoms. The van der Waals surface area contributed by atoms with Gasteiger partial charge in [-0.25, -0.2) is 0 Å². The topological polar surface area (TPSA) is 59.3 Å². The fourth-order valence-corrected chi connectivity index (χ4v) is 0.894. The maximum absolute atomic E-state index is 11.2. The van der Waals surface area contributed by atoms with E-state index in [0.29, 0.717) is 0 Å². The molecule has 1 rings (SSSR count). The molecule has 64 valence electrons. The third-order valence-corrected chi connectivity index (χ3v) is 1.66. The second kappa shape index (κ2) is 2.81. The maximum atomic E-state index is 11.2. The first-order valence-corrected chi connectivity index (χ1v) is 3.44. The smallest absolute Gasteiger partial charge is 0.263 e. The van der Waals surface area contributed by atoms with Crippen LogP contribution in [0, 0.1) is 0 Å². The minimum absolute atomic E-state index is 0.0929. The van der Waals surface area contributed by atoms with Crippen LogP contribution in [0.1, 0.15) is 17.3 Å². The SMILES string of the molecule is CC(=O)c1ccc(O)n(C)c1=O. The summed E-state index contributed by atoms with van der Waals surface area (Å²) < 4.78 is 1.02. The molecule has 0 radical (unpaired) electrons. The highest BCUT2D eigenvalue weighted by Crippen LogP contribution is 2.04. The van der Waals surface area contributed by atoms with Gasteiger partial charge >= 0.3 is 0 Å². The second-order valence-corrected chi connectivity index (χ2v) is 2.53. The quantitative estimate of drug-likeness (QED) is 0.612. The van der Waals surface area contributed by atoms with Gasteiger partial charge in [0, 0.05) is 7.05 Å². The molecular formula is C8H9NO3. The van der Waals surface area contributed by atoms with Crippen LogP contribution in [-0.4, -0.2) is 15.5 Å². The number of pyridine rings is 1. The molecule has 0 spiro atoms. The Balaban J connectivity index is 3.47. The van der Waals surface area contributed by atoms with Crippen molar-refractivity contribution in [2.45, 2.75) is 6.92 Å². The first kappa shape index (κ1) is 8.52. The van der Waals surface area contributed by atoms with E-state index in [2.05, 4.69) is 0 Å². The largest absolute Gasteiger partial charge is 0.494 e. The molecule has 0 fully saturated rings. The van der Waals surface area contributed by atoms with Crippen molar-refractivity contribution in [1.29, 1.82) is 0 Å². The Hall–Kier alpha value is -1.58. The summed E-state index contributed by atoms with van der Waals surface area (Å²) in [6.45, 7) is 1.31. The van der Waals surface area contributed by atoms with Crippen molar-refractivity contribution in [1.82, 2.24) is 4.57 Å². The van der Waals surface area contributed by atoms with Gasteiger partial charge in [-0.3, -0.25) is 14.2 Å². The molecule has 0 bridgehead atoms. The fraction of sp³-hybridized carbons (Fsp3) is 0.250. The number of aromatic hydroxyl groups is 1. The van der Waals surface area contributed by atoms with Gasteiger partial charge in [-0.05, 0) is 19.1 Å². The number of carbonyl (C=O) groups excluding carboxylic acids is 1. The van der Waals surface area contributed by atoms with Gasteiger partial charge < -0.3 is 5.11 Å². The molecule has 1 aromatic heterocycles. The molecule has 0 aliphatic rings. The summed E-state index contributed by atoms with van der Waals surface area (Å²) in [6.07, 6.45) is 0. The summed E-state index contributed by atoms with van der Waals surface area (Å²) in [5.41, 5.74) is -0.377. The monoisotopic (exact) mass is 167 g/mol. The van der Waals surface area contributed by atoms with Crippen molar-refractivity contribution >= 4 is 5.78 Å². The van der Waals surface area contributed by atoms with Crippen molar-refractivity contribution in [3.8, 4) is 5.88 Å². The minimum Gasteiger partial charge on any atom is -0.494 e. The lowest BCUT2D eigenvalue weighted by atomic mass is 10.2. The van der Waals surface area contributed by atoms with Gasteiger partial charge in [0.15, 0.2) is 11.7 Å². The van der Waals surface area contributed by atoms with Crippen LogP contribution >= 0.6 is 0 Å². The predicted molar refractivity (Wildman–Crippen MR) is 43.4 cm³/mol. The van der Waals surface area contributed by atoms with E-state index < -0.39 is 5.56 Å². The van der Waals surface area contributed by atoms with Crippen LogP contribution in [-0.2, 0) is 7.05 Å². The fourth-order valence-electron chi connectivity index (χ4n) is 0.894. The van der Waals surface area contributed by atoms with E-state index in [9.17, 15) is 9.59 Å². The van der Waals surface area contributed by atoms with E-state index in [4.69, 9.17) is 5.11 Å². The lowest BCUT2D eigenvalue weighted by Crippen LogP contribution is -2.22. The first-order chi connectivity index (χ1) is 5.54. The highest BCUT2D eigenvalue weighted by atomic mass is 16.3. The summed E-state index contributed by atoms with van der Waals surface area (Å²) in [6, 6.07) is 2.64. The Morgan fingerprint density at radius 3 is 2.58 bits per heavy atom. The Labute approximate surface area is 69.1 Å². The molecule has 0 aliphatic carbocycles. The van der Waals surface area contributed by atoms with E-state index >= 15 is 0 Å². The van der Waals surface area contributed by atoms with Gasteiger partial charge in [0.05, 0.1) is 5.56 Å². The second-order valence-electron chi connectivity index (χ2n) is 2.53. The zero-order valence-electron chi connectivity index (χ0n) is 6.87. The predicted octanol–water partition coefficient (Wildman–Crippen LogP) is 0.293. The average molecular weight is 167 g/mol. The highest BCUT2D eigenvalue weighted by molar-refractivity contribution is 5.93. The summed E-state index contributed by atoms with van der Waals surface area (Å²) in [7, 11) is 1.41. The maximum Gasteiger partial charge on any atom is 0.263 e. The summed E-state index contributed by atoms with van der Waals surface area (Å²) in [5.74, 6) is -0.444. The van der Waals surface area contributed by atoms with Gasteiger partial charge in [-0.15, -0.1) is 0 Å². The number of hydrogen-bond acceptors (Lipinski definition) is 3. The molecular weight excluding hydrogens is 158 g/mol. The first-order valence-electron chi connectivity index (χ1n) is 3.44. The van der Waals surface area contributed by atoms with Gasteiger partial charge in [-0.2, -0.15) is 0 Å². The molecule has 1 heterocycles. The zero-order valence-corrected chi connectivity index (χ0v) is 6.87. The van der Waals surface area contributed by atoms with Crippen LogP contribution in [0.4, 0.5) is 0 Å². The van der Waals surface area contributed by atoms with Gasteiger partial charge in [0.25, 0.3) is 5.56 Å². The van der Waals surface area contributed by atoms with Crippen LogP contribution in [0.25, 0.3) is 0 Å². The van der Waals surface area contributed by atoms with Crippen LogP contribution in [0.3, 0.4) is 0 Å². The third kappa shape index (κ3) is 1.23. The van der Waals surface area contributed by atoms with Crippen LogP contribution < -0.4 is 5.56 Å². The van der Waals surface area contributed by atoms with Gasteiger partial charge in [0.1, 0.15) is 0 Å². The Kier molecular flexibility index (Phi) is 1.99. The van der Waals surface area contributed by atoms with E-state index in [1.54, 1.807) is 0 Å².